The van der Waals surface area contributed by atoms with Crippen molar-refractivity contribution in [1.29, 1.82) is 0 Å². The van der Waals surface area contributed by atoms with Crippen molar-refractivity contribution < 1.29 is 14.3 Å². The second-order valence-electron chi connectivity index (χ2n) is 4.49. The third kappa shape index (κ3) is 3.32. The van der Waals surface area contributed by atoms with Gasteiger partial charge in [-0.2, -0.15) is 0 Å². The minimum Gasteiger partial charge on any atom is -0.507 e. The number of carbonyl (C=O) groups excluding carboxylic acids is 1. The van der Waals surface area contributed by atoms with Crippen LogP contribution in [-0.2, 0) is 6.42 Å². The standard InChI is InChI=1S/C15H15FN2O2/c1-18(9-6-11-4-7-17-8-5-11)15(20)13-10-12(16)2-3-14(13)19/h2-5,7-8,10,19H,6,9H2,1H3. The normalized spacial score (nSPS) is 10.3. The lowest BCUT2D eigenvalue weighted by Gasteiger charge is -2.17. The van der Waals surface area contributed by atoms with E-state index in [1.807, 2.05) is 12.1 Å². The van der Waals surface area contributed by atoms with Crippen LogP contribution in [0, 0.1) is 5.82 Å². The van der Waals surface area contributed by atoms with E-state index in [9.17, 15) is 14.3 Å². The van der Waals surface area contributed by atoms with E-state index in [1.165, 1.54) is 11.0 Å². The van der Waals surface area contributed by atoms with Gasteiger partial charge in [-0.3, -0.25) is 9.78 Å². The van der Waals surface area contributed by atoms with Gasteiger partial charge in [0.2, 0.25) is 0 Å². The van der Waals surface area contributed by atoms with Crippen molar-refractivity contribution in [2.75, 3.05) is 13.6 Å². The number of aromatic hydroxyl groups is 1. The van der Waals surface area contributed by atoms with Crippen LogP contribution >= 0.6 is 0 Å². The van der Waals surface area contributed by atoms with Crippen LogP contribution in [0.4, 0.5) is 4.39 Å². The molecule has 0 saturated heterocycles. The number of amides is 1. The molecule has 0 atom stereocenters. The average molecular weight is 274 g/mol. The molecule has 2 rings (SSSR count). The Hall–Kier alpha value is -2.43. The number of carbonyl (C=O) groups is 1. The van der Waals surface area contributed by atoms with Crippen LogP contribution in [0.1, 0.15) is 15.9 Å². The first kappa shape index (κ1) is 14.0. The monoisotopic (exact) mass is 274 g/mol. The van der Waals surface area contributed by atoms with E-state index in [4.69, 9.17) is 0 Å². The van der Waals surface area contributed by atoms with Crippen LogP contribution in [0.2, 0.25) is 0 Å². The summed E-state index contributed by atoms with van der Waals surface area (Å²) in [4.78, 5) is 17.5. The minimum atomic E-state index is -0.548. The first-order valence-corrected chi connectivity index (χ1v) is 6.21. The Bertz CT molecular complexity index is 602. The van der Waals surface area contributed by atoms with Gasteiger partial charge in [0.1, 0.15) is 11.6 Å². The molecule has 2 aromatic rings. The summed E-state index contributed by atoms with van der Waals surface area (Å²) in [6, 6.07) is 7.08. The van der Waals surface area contributed by atoms with E-state index < -0.39 is 11.7 Å². The zero-order valence-corrected chi connectivity index (χ0v) is 11.1. The summed E-state index contributed by atoms with van der Waals surface area (Å²) in [5.74, 6) is -1.17. The summed E-state index contributed by atoms with van der Waals surface area (Å²) < 4.78 is 13.1. The number of likely N-dealkylation sites (N-methyl/N-ethyl adjacent to an activating group) is 1. The molecule has 1 aromatic carbocycles. The van der Waals surface area contributed by atoms with Crippen LogP contribution in [0.3, 0.4) is 0 Å². The van der Waals surface area contributed by atoms with E-state index in [0.29, 0.717) is 13.0 Å². The highest BCUT2D eigenvalue weighted by Gasteiger charge is 2.16. The molecular weight excluding hydrogens is 259 g/mol. The number of halogens is 1. The molecule has 1 N–H and O–H groups in total. The fourth-order valence-electron chi connectivity index (χ4n) is 1.83. The van der Waals surface area contributed by atoms with Crippen molar-refractivity contribution >= 4 is 5.91 Å². The number of nitrogens with zero attached hydrogens (tertiary/aromatic N) is 2. The van der Waals surface area contributed by atoms with Crippen molar-refractivity contribution in [3.8, 4) is 5.75 Å². The van der Waals surface area contributed by atoms with Crippen LogP contribution in [0.15, 0.2) is 42.7 Å². The number of benzene rings is 1. The molecule has 0 spiro atoms. The Morgan fingerprint density at radius 3 is 2.70 bits per heavy atom. The molecule has 0 aliphatic rings. The first-order chi connectivity index (χ1) is 9.58. The molecule has 0 bridgehead atoms. The lowest BCUT2D eigenvalue weighted by Crippen LogP contribution is -2.29. The number of aromatic nitrogens is 1. The Balaban J connectivity index is 2.03. The number of phenolic OH excluding ortho intramolecular Hbond substituents is 1. The highest BCUT2D eigenvalue weighted by molar-refractivity contribution is 5.96. The van der Waals surface area contributed by atoms with Gasteiger partial charge >= 0.3 is 0 Å². The number of hydrogen-bond acceptors (Lipinski definition) is 3. The maximum Gasteiger partial charge on any atom is 0.257 e. The predicted molar refractivity (Wildman–Crippen MR) is 73.0 cm³/mol. The molecule has 20 heavy (non-hydrogen) atoms. The lowest BCUT2D eigenvalue weighted by atomic mass is 10.1. The average Bonchev–Trinajstić information content (AvgIpc) is 2.47. The Morgan fingerprint density at radius 1 is 1.30 bits per heavy atom. The summed E-state index contributed by atoms with van der Waals surface area (Å²) in [6.07, 6.45) is 4.05. The van der Waals surface area contributed by atoms with E-state index >= 15 is 0 Å². The number of phenols is 1. The number of rotatable bonds is 4. The fraction of sp³-hybridized carbons (Fsp3) is 0.200. The van der Waals surface area contributed by atoms with Gasteiger partial charge < -0.3 is 10.0 Å². The summed E-state index contributed by atoms with van der Waals surface area (Å²) in [5.41, 5.74) is 1.03. The van der Waals surface area contributed by atoms with Crippen molar-refractivity contribution in [3.05, 3.63) is 59.7 Å². The summed E-state index contributed by atoms with van der Waals surface area (Å²) in [5, 5.41) is 9.62. The maximum atomic E-state index is 13.1. The fourth-order valence-corrected chi connectivity index (χ4v) is 1.83. The third-order valence-corrected chi connectivity index (χ3v) is 3.02. The van der Waals surface area contributed by atoms with Crippen LogP contribution in [0.5, 0.6) is 5.75 Å². The van der Waals surface area contributed by atoms with Crippen molar-refractivity contribution in [3.63, 3.8) is 0 Å². The molecule has 0 aliphatic heterocycles. The predicted octanol–water partition coefficient (Wildman–Crippen LogP) is 2.24. The molecule has 1 heterocycles. The van der Waals surface area contributed by atoms with E-state index in [-0.39, 0.29) is 11.3 Å². The Labute approximate surface area is 116 Å². The summed E-state index contributed by atoms with van der Waals surface area (Å²) >= 11 is 0. The van der Waals surface area contributed by atoms with Crippen LogP contribution in [-0.4, -0.2) is 34.5 Å². The van der Waals surface area contributed by atoms with E-state index in [0.717, 1.165) is 17.7 Å². The van der Waals surface area contributed by atoms with Gasteiger partial charge in [-0.25, -0.2) is 4.39 Å². The highest BCUT2D eigenvalue weighted by atomic mass is 19.1. The zero-order chi connectivity index (χ0) is 14.5. The number of pyridine rings is 1. The van der Waals surface area contributed by atoms with E-state index in [2.05, 4.69) is 4.98 Å². The second-order valence-corrected chi connectivity index (χ2v) is 4.49. The molecule has 0 radical (unpaired) electrons. The molecule has 0 saturated carbocycles. The van der Waals surface area contributed by atoms with E-state index in [1.54, 1.807) is 19.4 Å². The van der Waals surface area contributed by atoms with Crippen molar-refractivity contribution in [1.82, 2.24) is 9.88 Å². The molecular formula is C15H15FN2O2. The number of hydrogen-bond donors (Lipinski definition) is 1. The van der Waals surface area contributed by atoms with Gasteiger partial charge in [0, 0.05) is 26.0 Å². The molecule has 1 amide bonds. The van der Waals surface area contributed by atoms with Gasteiger partial charge in [0.05, 0.1) is 5.56 Å². The topological polar surface area (TPSA) is 53.4 Å². The van der Waals surface area contributed by atoms with Crippen LogP contribution < -0.4 is 0 Å². The van der Waals surface area contributed by atoms with Gasteiger partial charge in [-0.1, -0.05) is 0 Å². The smallest absolute Gasteiger partial charge is 0.257 e. The summed E-state index contributed by atoms with van der Waals surface area (Å²) in [6.45, 7) is 0.471. The van der Waals surface area contributed by atoms with Gasteiger partial charge in [-0.05, 0) is 42.3 Å². The van der Waals surface area contributed by atoms with Gasteiger partial charge in [0.25, 0.3) is 5.91 Å². The van der Waals surface area contributed by atoms with Gasteiger partial charge in [-0.15, -0.1) is 0 Å². The highest BCUT2D eigenvalue weighted by Crippen LogP contribution is 2.19. The van der Waals surface area contributed by atoms with Crippen molar-refractivity contribution in [2.45, 2.75) is 6.42 Å². The zero-order valence-electron chi connectivity index (χ0n) is 11.1. The molecule has 104 valence electrons. The third-order valence-electron chi connectivity index (χ3n) is 3.02. The largest absolute Gasteiger partial charge is 0.507 e. The first-order valence-electron chi connectivity index (χ1n) is 6.21. The molecule has 0 unspecified atom stereocenters. The molecule has 5 heteroatoms. The molecule has 0 fully saturated rings. The van der Waals surface area contributed by atoms with Crippen LogP contribution in [0.25, 0.3) is 0 Å². The molecule has 0 aliphatic carbocycles. The Kier molecular flexibility index (Phi) is 4.30. The van der Waals surface area contributed by atoms with Crippen molar-refractivity contribution in [2.24, 2.45) is 0 Å². The quantitative estimate of drug-likeness (QED) is 0.930. The summed E-state index contributed by atoms with van der Waals surface area (Å²) in [7, 11) is 1.62. The van der Waals surface area contributed by atoms with Gasteiger partial charge in [0.15, 0.2) is 0 Å². The maximum absolute atomic E-state index is 13.1. The second kappa shape index (κ2) is 6.14. The molecule has 1 aromatic heterocycles. The Morgan fingerprint density at radius 2 is 2.00 bits per heavy atom. The molecule has 4 nitrogen and oxygen atoms in total. The SMILES string of the molecule is CN(CCc1ccncc1)C(=O)c1cc(F)ccc1O. The lowest BCUT2D eigenvalue weighted by molar-refractivity contribution is 0.0793. The minimum absolute atomic E-state index is 0.0257.